The van der Waals surface area contributed by atoms with E-state index in [1.807, 2.05) is 31.7 Å². The van der Waals surface area contributed by atoms with Crippen LogP contribution in [0, 0.1) is 5.92 Å². The number of carbonyl (C=O) groups excluding carboxylic acids is 2. The maximum absolute atomic E-state index is 12.8. The topological polar surface area (TPSA) is 88.4 Å². The van der Waals surface area contributed by atoms with Crippen molar-refractivity contribution >= 4 is 12.1 Å². The van der Waals surface area contributed by atoms with E-state index in [0.29, 0.717) is 19.1 Å². The van der Waals surface area contributed by atoms with Crippen molar-refractivity contribution < 1.29 is 23.7 Å². The Labute approximate surface area is 189 Å². The summed E-state index contributed by atoms with van der Waals surface area (Å²) >= 11 is 0. The number of hydrogen-bond donors (Lipinski definition) is 0. The molecule has 1 aromatic heterocycles. The van der Waals surface area contributed by atoms with Crippen molar-refractivity contribution in [2.45, 2.75) is 83.9 Å². The minimum absolute atomic E-state index is 0.0533. The smallest absolute Gasteiger partial charge is 0.410 e. The van der Waals surface area contributed by atoms with E-state index >= 15 is 0 Å². The Balaban J connectivity index is 1.24. The molecule has 0 unspecified atom stereocenters. The maximum atomic E-state index is 12.8. The van der Waals surface area contributed by atoms with Crippen LogP contribution in [0.15, 0.2) is 10.6 Å². The van der Waals surface area contributed by atoms with Gasteiger partial charge in [-0.1, -0.05) is 18.5 Å². The number of urea groups is 1. The van der Waals surface area contributed by atoms with Gasteiger partial charge in [-0.3, -0.25) is 4.84 Å². The van der Waals surface area contributed by atoms with Crippen LogP contribution in [0.25, 0.3) is 0 Å². The number of piperidine rings is 1. The highest BCUT2D eigenvalue weighted by molar-refractivity contribution is 5.77. The molecule has 9 heteroatoms. The van der Waals surface area contributed by atoms with E-state index in [1.165, 1.54) is 0 Å². The average molecular weight is 449 g/mol. The molecule has 0 N–H and O–H groups in total. The van der Waals surface area contributed by atoms with Crippen molar-refractivity contribution in [3.8, 4) is 0 Å². The minimum Gasteiger partial charge on any atom is -0.444 e. The largest absolute Gasteiger partial charge is 0.444 e. The first-order chi connectivity index (χ1) is 15.2. The third-order valence-corrected chi connectivity index (χ3v) is 6.38. The minimum atomic E-state index is -0.465. The van der Waals surface area contributed by atoms with Crippen molar-refractivity contribution in [3.63, 3.8) is 0 Å². The van der Waals surface area contributed by atoms with E-state index in [4.69, 9.17) is 14.1 Å². The number of nitrogens with zero attached hydrogens (tertiary/aromatic N) is 4. The average Bonchev–Trinajstić information content (AvgIpc) is 3.25. The highest BCUT2D eigenvalue weighted by atomic mass is 16.7. The molecular weight excluding hydrogens is 412 g/mol. The molecule has 32 heavy (non-hydrogen) atoms. The summed E-state index contributed by atoms with van der Waals surface area (Å²) in [4.78, 5) is 34.3. The number of aromatic nitrogens is 1. The van der Waals surface area contributed by atoms with E-state index < -0.39 is 5.60 Å². The summed E-state index contributed by atoms with van der Waals surface area (Å²) in [6, 6.07) is 2.01. The number of hydroxylamine groups is 2. The van der Waals surface area contributed by atoms with Crippen molar-refractivity contribution in [1.82, 2.24) is 20.0 Å². The molecule has 0 radical (unpaired) electrons. The molecule has 3 fully saturated rings. The summed E-state index contributed by atoms with van der Waals surface area (Å²) in [5, 5.41) is 5.86. The molecule has 0 spiro atoms. The zero-order valence-corrected chi connectivity index (χ0v) is 19.7. The summed E-state index contributed by atoms with van der Waals surface area (Å²) in [6.45, 7) is 10.4. The molecule has 0 aliphatic carbocycles. The highest BCUT2D eigenvalue weighted by Gasteiger charge is 2.46. The van der Waals surface area contributed by atoms with Crippen molar-refractivity contribution in [2.75, 3.05) is 26.2 Å². The third kappa shape index (κ3) is 5.03. The fourth-order valence-corrected chi connectivity index (χ4v) is 4.59. The number of ether oxygens (including phenoxy) is 1. The van der Waals surface area contributed by atoms with Crippen LogP contribution in [-0.2, 0) is 16.0 Å². The van der Waals surface area contributed by atoms with Crippen LogP contribution < -0.4 is 0 Å². The quantitative estimate of drug-likeness (QED) is 0.555. The van der Waals surface area contributed by atoms with Crippen molar-refractivity contribution in [2.24, 2.45) is 5.92 Å². The first-order valence-corrected chi connectivity index (χ1v) is 11.9. The van der Waals surface area contributed by atoms with Crippen molar-refractivity contribution in [3.05, 3.63) is 17.5 Å². The van der Waals surface area contributed by atoms with E-state index in [1.54, 1.807) is 9.96 Å². The van der Waals surface area contributed by atoms with Crippen LogP contribution in [-0.4, -0.2) is 70.0 Å². The van der Waals surface area contributed by atoms with Crippen LogP contribution in [0.1, 0.15) is 77.3 Å². The lowest BCUT2D eigenvalue weighted by molar-refractivity contribution is -0.130. The van der Waals surface area contributed by atoms with Gasteiger partial charge in [-0.15, -0.1) is 0 Å². The van der Waals surface area contributed by atoms with Crippen LogP contribution in [0.4, 0.5) is 9.59 Å². The first kappa shape index (κ1) is 22.9. The van der Waals surface area contributed by atoms with Gasteiger partial charge >= 0.3 is 12.1 Å². The predicted octanol–water partition coefficient (Wildman–Crippen LogP) is 4.15. The Morgan fingerprint density at radius 3 is 2.75 bits per heavy atom. The molecule has 3 aliphatic rings. The second-order valence-electron chi connectivity index (χ2n) is 10.2. The molecule has 9 nitrogen and oxygen atoms in total. The van der Waals surface area contributed by atoms with Crippen LogP contribution in [0.3, 0.4) is 0 Å². The lowest BCUT2D eigenvalue weighted by Crippen LogP contribution is -2.51. The Kier molecular flexibility index (Phi) is 6.65. The normalized spacial score (nSPS) is 23.6. The van der Waals surface area contributed by atoms with Gasteiger partial charge in [0.25, 0.3) is 0 Å². The molecule has 4 rings (SSSR count). The van der Waals surface area contributed by atoms with Gasteiger partial charge in [-0.2, -0.15) is 5.06 Å². The maximum Gasteiger partial charge on any atom is 0.410 e. The number of aryl methyl sites for hydroxylation is 1. The Morgan fingerprint density at radius 1 is 1.25 bits per heavy atom. The molecule has 3 aliphatic heterocycles. The molecular formula is C23H36N4O5. The number of unbranched alkanes of at least 4 members (excludes halogenated alkanes) is 1. The molecule has 0 saturated carbocycles. The second-order valence-corrected chi connectivity index (χ2v) is 10.2. The van der Waals surface area contributed by atoms with Crippen LogP contribution in [0.2, 0.25) is 0 Å². The molecule has 4 heterocycles. The molecule has 2 atom stereocenters. The molecule has 1 aromatic rings. The Morgan fingerprint density at radius 2 is 2.03 bits per heavy atom. The van der Waals surface area contributed by atoms with E-state index in [0.717, 1.165) is 63.1 Å². The van der Waals surface area contributed by atoms with Gasteiger partial charge in [0.05, 0.1) is 18.7 Å². The second kappa shape index (κ2) is 9.29. The van der Waals surface area contributed by atoms with Crippen LogP contribution in [0.5, 0.6) is 0 Å². The fourth-order valence-electron chi connectivity index (χ4n) is 4.59. The number of rotatable bonds is 8. The number of likely N-dealkylation sites (tertiary alicyclic amines) is 1. The SMILES string of the molecule is CCCCON1C(=O)N2C[C@@H]1CC[C@H]2c1cc(CCC2CN(C(=O)OC(C)(C)C)C2)on1. The molecule has 0 aromatic carbocycles. The number of fused-ring (bicyclic) bond motifs is 2. The van der Waals surface area contributed by atoms with Gasteiger partial charge < -0.3 is 19.1 Å². The van der Waals surface area contributed by atoms with Gasteiger partial charge in [0.15, 0.2) is 0 Å². The monoisotopic (exact) mass is 448 g/mol. The van der Waals surface area contributed by atoms with E-state index in [-0.39, 0.29) is 24.2 Å². The zero-order chi connectivity index (χ0) is 22.9. The number of carbonyl (C=O) groups is 2. The van der Waals surface area contributed by atoms with Gasteiger partial charge in [0, 0.05) is 32.1 Å². The van der Waals surface area contributed by atoms with Crippen molar-refractivity contribution in [1.29, 1.82) is 0 Å². The Bertz CT molecular complexity index is 814. The van der Waals surface area contributed by atoms with Crippen LogP contribution >= 0.6 is 0 Å². The number of hydrogen-bond acceptors (Lipinski definition) is 6. The summed E-state index contributed by atoms with van der Waals surface area (Å²) in [7, 11) is 0. The standard InChI is InChI=1S/C23H36N4O5/c1-5-6-11-30-27-17-8-10-20(26(15-17)21(27)28)19-12-18(32-24-19)9-7-16-13-25(14-16)22(29)31-23(2,3)4/h12,16-17,20H,5-11,13-15H2,1-4H3/t17-,20-/m0/s1. The van der Waals surface area contributed by atoms with E-state index in [2.05, 4.69) is 12.1 Å². The summed E-state index contributed by atoms with van der Waals surface area (Å²) in [6.07, 6.45) is 5.23. The summed E-state index contributed by atoms with van der Waals surface area (Å²) in [5.41, 5.74) is 0.360. The van der Waals surface area contributed by atoms with Gasteiger partial charge in [0.2, 0.25) is 0 Å². The summed E-state index contributed by atoms with van der Waals surface area (Å²) in [5.74, 6) is 1.28. The molecule has 3 amide bonds. The highest BCUT2D eigenvalue weighted by Crippen LogP contribution is 2.38. The molecule has 3 saturated heterocycles. The fraction of sp³-hybridized carbons (Fsp3) is 0.783. The van der Waals surface area contributed by atoms with Gasteiger partial charge in [-0.05, 0) is 52.4 Å². The van der Waals surface area contributed by atoms with Gasteiger partial charge in [-0.25, -0.2) is 9.59 Å². The zero-order valence-electron chi connectivity index (χ0n) is 19.7. The predicted molar refractivity (Wildman–Crippen MR) is 117 cm³/mol. The Hall–Kier alpha value is -2.29. The number of amides is 3. The molecule has 2 bridgehead atoms. The lowest BCUT2D eigenvalue weighted by Gasteiger charge is -2.39. The first-order valence-electron chi connectivity index (χ1n) is 11.9. The summed E-state index contributed by atoms with van der Waals surface area (Å²) < 4.78 is 11.0. The molecule has 178 valence electrons. The lowest BCUT2D eigenvalue weighted by atomic mass is 9.94. The van der Waals surface area contributed by atoms with Gasteiger partial charge in [0.1, 0.15) is 17.1 Å². The van der Waals surface area contributed by atoms with E-state index in [9.17, 15) is 9.59 Å². The third-order valence-electron chi connectivity index (χ3n) is 6.38.